The molecule has 2 N–H and O–H groups in total. The highest BCUT2D eigenvalue weighted by Gasteiger charge is 2.37. The highest BCUT2D eigenvalue weighted by molar-refractivity contribution is 7.18. The van der Waals surface area contributed by atoms with Gasteiger partial charge in [0, 0.05) is 30.4 Å². The van der Waals surface area contributed by atoms with Gasteiger partial charge in [0.25, 0.3) is 5.91 Å². The van der Waals surface area contributed by atoms with Gasteiger partial charge in [0.1, 0.15) is 22.4 Å². The molecule has 0 unspecified atom stereocenters. The van der Waals surface area contributed by atoms with Crippen molar-refractivity contribution < 1.29 is 14.3 Å². The number of benzene rings is 1. The van der Waals surface area contributed by atoms with Crippen LogP contribution in [0.1, 0.15) is 52.2 Å². The molecule has 5 aromatic rings. The SMILES string of the molecule is CC(C)(O)c1ccc2c(C(=O)N3CCc4[nH]cnc4[C@H]3c3nc4c(F)cccc4s3)cnn2c1. The molecule has 0 aliphatic carbocycles. The predicted molar refractivity (Wildman–Crippen MR) is 125 cm³/mol. The number of nitrogens with zero attached hydrogens (tertiary/aromatic N) is 5. The lowest BCUT2D eigenvalue weighted by Crippen LogP contribution is -2.40. The normalized spacial score (nSPS) is 16.4. The first kappa shape index (κ1) is 20.9. The van der Waals surface area contributed by atoms with Crippen LogP contribution < -0.4 is 0 Å². The third kappa shape index (κ3) is 3.21. The van der Waals surface area contributed by atoms with Gasteiger partial charge in [0.05, 0.1) is 39.6 Å². The zero-order valence-corrected chi connectivity index (χ0v) is 19.3. The lowest BCUT2D eigenvalue weighted by Gasteiger charge is -2.33. The molecule has 8 nitrogen and oxygen atoms in total. The molecule has 34 heavy (non-hydrogen) atoms. The van der Waals surface area contributed by atoms with E-state index in [4.69, 9.17) is 0 Å². The lowest BCUT2D eigenvalue weighted by atomic mass is 10.00. The number of hydrogen-bond donors (Lipinski definition) is 2. The number of halogens is 1. The summed E-state index contributed by atoms with van der Waals surface area (Å²) in [5.74, 6) is -0.592. The third-order valence-electron chi connectivity index (χ3n) is 6.26. The van der Waals surface area contributed by atoms with E-state index in [9.17, 15) is 14.3 Å². The van der Waals surface area contributed by atoms with Crippen LogP contribution in [0.4, 0.5) is 4.39 Å². The van der Waals surface area contributed by atoms with E-state index in [2.05, 4.69) is 20.1 Å². The van der Waals surface area contributed by atoms with Crippen molar-refractivity contribution in [2.45, 2.75) is 31.9 Å². The third-order valence-corrected chi connectivity index (χ3v) is 7.33. The molecule has 1 amide bonds. The molecule has 1 atom stereocenters. The van der Waals surface area contributed by atoms with Crippen molar-refractivity contribution in [1.82, 2.24) is 29.5 Å². The average Bonchev–Trinajstić information content (AvgIpc) is 3.54. The number of hydrogen-bond acceptors (Lipinski definition) is 6. The second-order valence-electron chi connectivity index (χ2n) is 8.92. The molecule has 0 saturated heterocycles. The summed E-state index contributed by atoms with van der Waals surface area (Å²) in [7, 11) is 0. The summed E-state index contributed by atoms with van der Waals surface area (Å²) in [6.07, 6.45) is 5.51. The number of nitrogens with one attached hydrogen (secondary N) is 1. The van der Waals surface area contributed by atoms with Crippen molar-refractivity contribution in [1.29, 1.82) is 0 Å². The Bertz CT molecular complexity index is 1560. The molecular formula is C24H21FN6O2S. The molecule has 10 heteroatoms. The van der Waals surface area contributed by atoms with E-state index in [1.165, 1.54) is 17.4 Å². The Kier molecular flexibility index (Phi) is 4.58. The van der Waals surface area contributed by atoms with Crippen molar-refractivity contribution in [3.05, 3.63) is 82.4 Å². The first-order chi connectivity index (χ1) is 16.3. The summed E-state index contributed by atoms with van der Waals surface area (Å²) < 4.78 is 16.7. The summed E-state index contributed by atoms with van der Waals surface area (Å²) in [4.78, 5) is 27.8. The van der Waals surface area contributed by atoms with Gasteiger partial charge in [-0.2, -0.15) is 5.10 Å². The van der Waals surface area contributed by atoms with E-state index in [0.717, 1.165) is 16.1 Å². The van der Waals surface area contributed by atoms with Crippen LogP contribution in [0.25, 0.3) is 15.7 Å². The molecule has 0 bridgehead atoms. The average molecular weight is 477 g/mol. The number of imidazole rings is 1. The molecule has 172 valence electrons. The molecule has 4 aromatic heterocycles. The van der Waals surface area contributed by atoms with Crippen LogP contribution in [-0.2, 0) is 12.0 Å². The van der Waals surface area contributed by atoms with Crippen molar-refractivity contribution in [2.75, 3.05) is 6.54 Å². The Morgan fingerprint density at radius 2 is 2.15 bits per heavy atom. The summed E-state index contributed by atoms with van der Waals surface area (Å²) >= 11 is 1.36. The van der Waals surface area contributed by atoms with E-state index >= 15 is 0 Å². The second kappa shape index (κ2) is 7.44. The van der Waals surface area contributed by atoms with Crippen LogP contribution in [0, 0.1) is 5.82 Å². The standard InChI is InChI=1S/C24H21FN6O2S/c1-24(2,33)13-6-7-17-14(10-28-31(17)11-13)23(32)30-9-8-16-20(27-12-26-16)21(30)22-29-19-15(25)4-3-5-18(19)34-22/h3-7,10-12,21,33H,8-9H2,1-2H3,(H,26,27)/t21-/m0/s1. The van der Waals surface area contributed by atoms with Crippen molar-refractivity contribution in [3.8, 4) is 0 Å². The second-order valence-corrected chi connectivity index (χ2v) is 9.98. The molecule has 5 heterocycles. The number of para-hydroxylation sites is 1. The van der Waals surface area contributed by atoms with Crippen LogP contribution in [0.15, 0.2) is 49.1 Å². The van der Waals surface area contributed by atoms with Gasteiger partial charge in [-0.25, -0.2) is 18.9 Å². The smallest absolute Gasteiger partial charge is 0.258 e. The fourth-order valence-electron chi connectivity index (χ4n) is 4.46. The Morgan fingerprint density at radius 3 is 2.94 bits per heavy atom. The number of carbonyl (C=O) groups is 1. The van der Waals surface area contributed by atoms with Crippen molar-refractivity contribution in [2.24, 2.45) is 0 Å². The molecule has 0 saturated carbocycles. The fourth-order valence-corrected chi connectivity index (χ4v) is 5.56. The number of aromatic nitrogens is 5. The molecule has 1 aliphatic heterocycles. The fraction of sp³-hybridized carbons (Fsp3) is 0.250. The number of thiazole rings is 1. The number of pyridine rings is 1. The Labute approximate surface area is 197 Å². The van der Waals surface area contributed by atoms with E-state index in [-0.39, 0.29) is 11.7 Å². The van der Waals surface area contributed by atoms with Gasteiger partial charge in [0.15, 0.2) is 0 Å². The number of rotatable bonds is 3. The molecule has 1 aromatic carbocycles. The molecular weight excluding hydrogens is 455 g/mol. The number of fused-ring (bicyclic) bond motifs is 3. The van der Waals surface area contributed by atoms with E-state index < -0.39 is 11.6 Å². The van der Waals surface area contributed by atoms with Gasteiger partial charge >= 0.3 is 0 Å². The van der Waals surface area contributed by atoms with Gasteiger partial charge in [0.2, 0.25) is 0 Å². The van der Waals surface area contributed by atoms with E-state index in [0.29, 0.717) is 40.1 Å². The predicted octanol–water partition coefficient (Wildman–Crippen LogP) is 3.82. The quantitative estimate of drug-likeness (QED) is 0.412. The highest BCUT2D eigenvalue weighted by atomic mass is 32.1. The van der Waals surface area contributed by atoms with Crippen LogP contribution in [0.2, 0.25) is 0 Å². The largest absolute Gasteiger partial charge is 0.386 e. The topological polar surface area (TPSA) is 99.4 Å². The van der Waals surface area contributed by atoms with Crippen LogP contribution in [0.5, 0.6) is 0 Å². The molecule has 6 rings (SSSR count). The molecule has 0 radical (unpaired) electrons. The minimum absolute atomic E-state index is 0.204. The van der Waals surface area contributed by atoms with Crippen LogP contribution in [-0.4, -0.2) is 47.0 Å². The van der Waals surface area contributed by atoms with Gasteiger partial charge < -0.3 is 15.0 Å². The number of aromatic amines is 1. The Morgan fingerprint density at radius 1 is 1.29 bits per heavy atom. The van der Waals surface area contributed by atoms with Crippen molar-refractivity contribution in [3.63, 3.8) is 0 Å². The summed E-state index contributed by atoms with van der Waals surface area (Å²) in [6, 6.07) is 7.92. The summed E-state index contributed by atoms with van der Waals surface area (Å²) in [5, 5.41) is 15.3. The number of carbonyl (C=O) groups excluding carboxylic acids is 1. The van der Waals surface area contributed by atoms with Gasteiger partial charge in [-0.15, -0.1) is 11.3 Å². The molecule has 0 spiro atoms. The zero-order chi connectivity index (χ0) is 23.6. The highest BCUT2D eigenvalue weighted by Crippen LogP contribution is 2.39. The van der Waals surface area contributed by atoms with E-state index in [1.54, 1.807) is 60.2 Å². The maximum atomic E-state index is 14.4. The van der Waals surface area contributed by atoms with Crippen molar-refractivity contribution >= 4 is 33.0 Å². The van der Waals surface area contributed by atoms with Crippen LogP contribution >= 0.6 is 11.3 Å². The number of amides is 1. The maximum Gasteiger partial charge on any atom is 0.258 e. The first-order valence-electron chi connectivity index (χ1n) is 10.9. The van der Waals surface area contributed by atoms with Crippen LogP contribution in [0.3, 0.4) is 0 Å². The van der Waals surface area contributed by atoms with Gasteiger partial charge in [-0.3, -0.25) is 4.79 Å². The maximum absolute atomic E-state index is 14.4. The minimum Gasteiger partial charge on any atom is -0.386 e. The summed E-state index contributed by atoms with van der Waals surface area (Å²) in [5.41, 5.74) is 2.71. The minimum atomic E-state index is -1.03. The van der Waals surface area contributed by atoms with Gasteiger partial charge in [-0.1, -0.05) is 12.1 Å². The summed E-state index contributed by atoms with van der Waals surface area (Å²) in [6.45, 7) is 3.85. The molecule has 0 fully saturated rings. The van der Waals surface area contributed by atoms with Gasteiger partial charge in [-0.05, 0) is 32.0 Å². The number of aliphatic hydroxyl groups is 1. The zero-order valence-electron chi connectivity index (χ0n) is 18.5. The monoisotopic (exact) mass is 476 g/mol. The Hall–Kier alpha value is -3.63. The first-order valence-corrected chi connectivity index (χ1v) is 11.7. The van der Waals surface area contributed by atoms with E-state index in [1.807, 2.05) is 6.07 Å². The lowest BCUT2D eigenvalue weighted by molar-refractivity contribution is 0.0692. The number of H-pyrrole nitrogens is 1. The Balaban J connectivity index is 1.45. The molecule has 1 aliphatic rings.